The van der Waals surface area contributed by atoms with Gasteiger partial charge >= 0.3 is 0 Å². The summed E-state index contributed by atoms with van der Waals surface area (Å²) >= 11 is 5.74. The number of nitrogens with zero attached hydrogens (tertiary/aromatic N) is 3. The first kappa shape index (κ1) is 10.7. The number of imidazole rings is 1. The molecule has 0 bridgehead atoms. The predicted octanol–water partition coefficient (Wildman–Crippen LogP) is 2.10. The third-order valence-corrected chi connectivity index (χ3v) is 2.21. The van der Waals surface area contributed by atoms with Gasteiger partial charge in [0.05, 0.1) is 17.2 Å². The minimum atomic E-state index is -0.414. The number of nitro groups is 1. The highest BCUT2D eigenvalue weighted by molar-refractivity contribution is 6.29. The van der Waals surface area contributed by atoms with Gasteiger partial charge in [-0.2, -0.15) is 0 Å². The quantitative estimate of drug-likeness (QED) is 0.573. The molecule has 0 amide bonds. The third-order valence-electron chi connectivity index (χ3n) is 1.86. The molecular weight excluding hydrogens is 206 g/mol. The highest BCUT2D eigenvalue weighted by Gasteiger charge is 2.10. The van der Waals surface area contributed by atoms with Crippen LogP contribution in [0.15, 0.2) is 11.9 Å². The lowest BCUT2D eigenvalue weighted by atomic mass is 10.3. The molecule has 0 saturated heterocycles. The van der Waals surface area contributed by atoms with Crippen molar-refractivity contribution in [2.45, 2.75) is 13.3 Å². The maximum absolute atomic E-state index is 10.5. The van der Waals surface area contributed by atoms with Gasteiger partial charge in [0, 0.05) is 13.5 Å². The van der Waals surface area contributed by atoms with Crippen molar-refractivity contribution >= 4 is 17.7 Å². The average molecular weight is 216 g/mol. The number of rotatable bonds is 3. The summed E-state index contributed by atoms with van der Waals surface area (Å²) in [5.74, 6) is 0.489. The molecule has 6 heteroatoms. The monoisotopic (exact) mass is 215 g/mol. The first-order valence-corrected chi connectivity index (χ1v) is 4.46. The Kier molecular flexibility index (Phi) is 3.24. The summed E-state index contributed by atoms with van der Waals surface area (Å²) in [5.41, 5.74) is 0.121. The molecule has 1 aromatic rings. The van der Waals surface area contributed by atoms with E-state index in [1.807, 2.05) is 0 Å². The van der Waals surface area contributed by atoms with Crippen molar-refractivity contribution in [3.05, 3.63) is 33.0 Å². The third kappa shape index (κ3) is 2.11. The fourth-order valence-electron chi connectivity index (χ4n) is 0.969. The van der Waals surface area contributed by atoms with Crippen LogP contribution < -0.4 is 0 Å². The van der Waals surface area contributed by atoms with Gasteiger partial charge in [-0.25, -0.2) is 4.98 Å². The highest BCUT2D eigenvalue weighted by Crippen LogP contribution is 2.13. The zero-order valence-electron chi connectivity index (χ0n) is 7.90. The number of aromatic nitrogens is 2. The molecule has 14 heavy (non-hydrogen) atoms. The summed E-state index contributed by atoms with van der Waals surface area (Å²) in [6, 6.07) is 0. The van der Waals surface area contributed by atoms with Gasteiger partial charge in [0.1, 0.15) is 11.0 Å². The van der Waals surface area contributed by atoms with Crippen LogP contribution in [0.2, 0.25) is 5.15 Å². The van der Waals surface area contributed by atoms with Gasteiger partial charge in [0.2, 0.25) is 5.70 Å². The van der Waals surface area contributed by atoms with Gasteiger partial charge in [-0.15, -0.1) is 0 Å². The summed E-state index contributed by atoms with van der Waals surface area (Å²) in [5, 5.41) is 11.0. The van der Waals surface area contributed by atoms with Gasteiger partial charge in [-0.3, -0.25) is 10.1 Å². The van der Waals surface area contributed by atoms with Crippen molar-refractivity contribution in [2.75, 3.05) is 0 Å². The van der Waals surface area contributed by atoms with Crippen molar-refractivity contribution in [3.63, 3.8) is 0 Å². The average Bonchev–Trinajstić information content (AvgIpc) is 2.44. The van der Waals surface area contributed by atoms with Crippen molar-refractivity contribution < 1.29 is 4.92 Å². The van der Waals surface area contributed by atoms with Crippen LogP contribution in [0.4, 0.5) is 0 Å². The van der Waals surface area contributed by atoms with Crippen molar-refractivity contribution in [1.29, 1.82) is 0 Å². The molecule has 0 fully saturated rings. The van der Waals surface area contributed by atoms with Crippen molar-refractivity contribution in [1.82, 2.24) is 9.55 Å². The number of hydrogen-bond donors (Lipinski definition) is 0. The standard InChI is InChI=1S/C8H10ClN3O2/c1-3-6(12(13)14)4-8-10-5-7(9)11(8)2/h4-5H,3H2,1-2H3/b6-4-. The van der Waals surface area contributed by atoms with Gasteiger partial charge in [-0.05, 0) is 0 Å². The zero-order chi connectivity index (χ0) is 10.7. The van der Waals surface area contributed by atoms with Crippen LogP contribution in [0.5, 0.6) is 0 Å². The Hall–Kier alpha value is -1.36. The van der Waals surface area contributed by atoms with Crippen molar-refractivity contribution in [3.8, 4) is 0 Å². The Morgan fingerprint density at radius 2 is 2.50 bits per heavy atom. The van der Waals surface area contributed by atoms with E-state index >= 15 is 0 Å². The first-order chi connectivity index (χ1) is 6.56. The summed E-state index contributed by atoms with van der Waals surface area (Å²) < 4.78 is 1.58. The van der Waals surface area contributed by atoms with Gasteiger partial charge < -0.3 is 4.57 Å². The Labute approximate surface area is 86.2 Å². The second-order valence-corrected chi connectivity index (χ2v) is 3.13. The fraction of sp³-hybridized carbons (Fsp3) is 0.375. The molecule has 1 heterocycles. The predicted molar refractivity (Wildman–Crippen MR) is 53.5 cm³/mol. The Balaban J connectivity index is 3.06. The van der Waals surface area contributed by atoms with Crippen molar-refractivity contribution in [2.24, 2.45) is 7.05 Å². The van der Waals surface area contributed by atoms with E-state index in [1.165, 1.54) is 12.3 Å². The summed E-state index contributed by atoms with van der Waals surface area (Å²) in [4.78, 5) is 14.0. The van der Waals surface area contributed by atoms with Crippen LogP contribution >= 0.6 is 11.6 Å². The Morgan fingerprint density at radius 3 is 2.86 bits per heavy atom. The number of allylic oxidation sites excluding steroid dienone is 1. The molecule has 0 radical (unpaired) electrons. The van der Waals surface area contributed by atoms with Crippen LogP contribution in [0.1, 0.15) is 19.2 Å². The Bertz CT molecular complexity index is 384. The molecule has 0 aromatic carbocycles. The van der Waals surface area contributed by atoms with Crippen LogP contribution in [-0.2, 0) is 7.05 Å². The minimum absolute atomic E-state index is 0.121. The van der Waals surface area contributed by atoms with Crippen LogP contribution in [0.25, 0.3) is 6.08 Å². The maximum Gasteiger partial charge on any atom is 0.249 e. The minimum Gasteiger partial charge on any atom is -0.319 e. The molecule has 0 aliphatic heterocycles. The van der Waals surface area contributed by atoms with E-state index < -0.39 is 4.92 Å². The lowest BCUT2D eigenvalue weighted by molar-refractivity contribution is -0.425. The lowest BCUT2D eigenvalue weighted by Gasteiger charge is -1.97. The van der Waals surface area contributed by atoms with Gasteiger partial charge in [-0.1, -0.05) is 18.5 Å². The molecule has 0 atom stereocenters. The van der Waals surface area contributed by atoms with E-state index in [1.54, 1.807) is 18.5 Å². The lowest BCUT2D eigenvalue weighted by Crippen LogP contribution is -1.99. The van der Waals surface area contributed by atoms with Crippen LogP contribution in [0, 0.1) is 10.1 Å². The van der Waals surface area contributed by atoms with E-state index in [0.717, 1.165) is 0 Å². The molecule has 1 aromatic heterocycles. The molecule has 0 aliphatic rings. The fourth-order valence-corrected chi connectivity index (χ4v) is 1.10. The van der Waals surface area contributed by atoms with Gasteiger partial charge in [0.15, 0.2) is 0 Å². The smallest absolute Gasteiger partial charge is 0.249 e. The van der Waals surface area contributed by atoms with Gasteiger partial charge in [0.25, 0.3) is 0 Å². The molecule has 0 N–H and O–H groups in total. The van der Waals surface area contributed by atoms with E-state index in [-0.39, 0.29) is 5.70 Å². The van der Waals surface area contributed by atoms with Crippen LogP contribution in [-0.4, -0.2) is 14.5 Å². The number of halogens is 1. The molecule has 0 aliphatic carbocycles. The largest absolute Gasteiger partial charge is 0.319 e. The molecule has 0 spiro atoms. The Morgan fingerprint density at radius 1 is 1.86 bits per heavy atom. The summed E-state index contributed by atoms with van der Waals surface area (Å²) in [7, 11) is 1.70. The van der Waals surface area contributed by atoms with E-state index in [0.29, 0.717) is 17.4 Å². The molecule has 5 nitrogen and oxygen atoms in total. The molecule has 76 valence electrons. The summed E-state index contributed by atoms with van der Waals surface area (Å²) in [6.45, 7) is 1.72. The highest BCUT2D eigenvalue weighted by atomic mass is 35.5. The normalized spacial score (nSPS) is 11.8. The molecule has 1 rings (SSSR count). The van der Waals surface area contributed by atoms with E-state index in [4.69, 9.17) is 11.6 Å². The molecule has 0 saturated carbocycles. The topological polar surface area (TPSA) is 61.0 Å². The van der Waals surface area contributed by atoms with E-state index in [2.05, 4.69) is 4.98 Å². The zero-order valence-corrected chi connectivity index (χ0v) is 8.65. The second kappa shape index (κ2) is 4.23. The van der Waals surface area contributed by atoms with Crippen LogP contribution in [0.3, 0.4) is 0 Å². The maximum atomic E-state index is 10.5. The first-order valence-electron chi connectivity index (χ1n) is 4.08. The van der Waals surface area contributed by atoms with E-state index in [9.17, 15) is 10.1 Å². The molecular formula is C8H10ClN3O2. The second-order valence-electron chi connectivity index (χ2n) is 2.74. The SMILES string of the molecule is CC/C(=C/c1ncc(Cl)n1C)[N+](=O)[O-]. The number of hydrogen-bond acceptors (Lipinski definition) is 3. The summed E-state index contributed by atoms with van der Waals surface area (Å²) in [6.07, 6.45) is 3.24. The molecule has 0 unspecified atom stereocenters.